The van der Waals surface area contributed by atoms with E-state index >= 15 is 0 Å². The molecule has 0 spiro atoms. The second-order valence-corrected chi connectivity index (χ2v) is 6.14. The van der Waals surface area contributed by atoms with Gasteiger partial charge in [0.25, 0.3) is 0 Å². The fourth-order valence-electron chi connectivity index (χ4n) is 2.31. The Balaban J connectivity index is 1.62. The lowest BCUT2D eigenvalue weighted by atomic mass is 10.1. The van der Waals surface area contributed by atoms with E-state index in [1.165, 1.54) is 11.3 Å². The number of aliphatic hydroxyl groups is 1. The van der Waals surface area contributed by atoms with Gasteiger partial charge in [-0.2, -0.15) is 0 Å². The average molecular weight is 339 g/mol. The van der Waals surface area contributed by atoms with Gasteiger partial charge in [-0.1, -0.05) is 18.2 Å². The lowest BCUT2D eigenvalue weighted by Gasteiger charge is -2.15. The van der Waals surface area contributed by atoms with Gasteiger partial charge < -0.3 is 15.7 Å². The molecule has 3 aromatic rings. The summed E-state index contributed by atoms with van der Waals surface area (Å²) in [7, 11) is 0. The number of aromatic nitrogens is 1. The van der Waals surface area contributed by atoms with Crippen LogP contribution in [0.4, 0.5) is 10.5 Å². The van der Waals surface area contributed by atoms with Gasteiger partial charge in [0.05, 0.1) is 12.6 Å². The number of hydrogen-bond acceptors (Lipinski definition) is 4. The summed E-state index contributed by atoms with van der Waals surface area (Å²) in [4.78, 5) is 17.0. The molecule has 6 heteroatoms. The van der Waals surface area contributed by atoms with Crippen molar-refractivity contribution in [2.75, 3.05) is 11.9 Å². The van der Waals surface area contributed by atoms with Gasteiger partial charge in [0.2, 0.25) is 0 Å². The molecule has 0 radical (unpaired) electrons. The number of nitrogens with zero attached hydrogens (tertiary/aromatic N) is 1. The third-order valence-electron chi connectivity index (χ3n) is 3.53. The normalized spacial score (nSPS) is 11.7. The van der Waals surface area contributed by atoms with Crippen LogP contribution >= 0.6 is 11.3 Å². The zero-order valence-corrected chi connectivity index (χ0v) is 13.7. The fourth-order valence-corrected chi connectivity index (χ4v) is 3.08. The van der Waals surface area contributed by atoms with Crippen LogP contribution in [0.3, 0.4) is 0 Å². The smallest absolute Gasteiger partial charge is 0.319 e. The van der Waals surface area contributed by atoms with Crippen molar-refractivity contribution < 1.29 is 9.90 Å². The maximum atomic E-state index is 12.1. The molecule has 2 aromatic heterocycles. The van der Waals surface area contributed by atoms with Crippen LogP contribution in [0.25, 0.3) is 11.1 Å². The van der Waals surface area contributed by atoms with Crippen molar-refractivity contribution in [1.82, 2.24) is 10.3 Å². The van der Waals surface area contributed by atoms with Crippen molar-refractivity contribution in [3.05, 3.63) is 71.2 Å². The summed E-state index contributed by atoms with van der Waals surface area (Å²) in [6.07, 6.45) is 3.49. The van der Waals surface area contributed by atoms with Gasteiger partial charge in [-0.15, -0.1) is 11.3 Å². The van der Waals surface area contributed by atoms with E-state index < -0.39 is 6.04 Å². The van der Waals surface area contributed by atoms with Crippen LogP contribution < -0.4 is 10.6 Å². The Morgan fingerprint density at radius 3 is 2.42 bits per heavy atom. The maximum Gasteiger partial charge on any atom is 0.319 e. The van der Waals surface area contributed by atoms with Gasteiger partial charge in [0, 0.05) is 23.0 Å². The SMILES string of the molecule is O=C(Nc1ccc(-c2ccncc2)cc1)N[C@H](CO)c1cccs1. The molecule has 0 unspecified atom stereocenters. The zero-order valence-electron chi connectivity index (χ0n) is 12.8. The van der Waals surface area contributed by atoms with Crippen molar-refractivity contribution in [2.45, 2.75) is 6.04 Å². The number of thiophene rings is 1. The summed E-state index contributed by atoms with van der Waals surface area (Å²) in [5.41, 5.74) is 2.81. The minimum Gasteiger partial charge on any atom is -0.394 e. The first-order valence-electron chi connectivity index (χ1n) is 7.48. The molecule has 0 bridgehead atoms. The number of benzene rings is 1. The molecule has 5 nitrogen and oxygen atoms in total. The minimum absolute atomic E-state index is 0.144. The number of amides is 2. The summed E-state index contributed by atoms with van der Waals surface area (Å²) < 4.78 is 0. The van der Waals surface area contributed by atoms with Crippen molar-refractivity contribution in [1.29, 1.82) is 0 Å². The largest absolute Gasteiger partial charge is 0.394 e. The van der Waals surface area contributed by atoms with E-state index in [4.69, 9.17) is 0 Å². The first kappa shape index (κ1) is 16.2. The number of hydrogen-bond donors (Lipinski definition) is 3. The van der Waals surface area contributed by atoms with Gasteiger partial charge in [0.15, 0.2) is 0 Å². The Bertz CT molecular complexity index is 774. The van der Waals surface area contributed by atoms with Crippen LogP contribution in [-0.2, 0) is 0 Å². The molecule has 0 aliphatic rings. The van der Waals surface area contributed by atoms with Gasteiger partial charge in [-0.3, -0.25) is 4.98 Å². The summed E-state index contributed by atoms with van der Waals surface area (Å²) in [6.45, 7) is -0.144. The predicted octanol–water partition coefficient (Wildman–Crippen LogP) is 3.67. The molecule has 0 fully saturated rings. The standard InChI is InChI=1S/C18H17N3O2S/c22-12-16(17-2-1-11-24-17)21-18(23)20-15-5-3-13(4-6-15)14-7-9-19-10-8-14/h1-11,16,22H,12H2,(H2,20,21,23)/t16-/m1/s1. The maximum absolute atomic E-state index is 12.1. The molecule has 0 aliphatic carbocycles. The Morgan fingerprint density at radius 2 is 1.79 bits per heavy atom. The number of nitrogens with one attached hydrogen (secondary N) is 2. The predicted molar refractivity (Wildman–Crippen MR) is 96.0 cm³/mol. The van der Waals surface area contributed by atoms with Crippen molar-refractivity contribution >= 4 is 23.1 Å². The fraction of sp³-hybridized carbons (Fsp3) is 0.111. The summed E-state index contributed by atoms with van der Waals surface area (Å²) in [6, 6.07) is 14.4. The Hall–Kier alpha value is -2.70. The second kappa shape index (κ2) is 7.72. The van der Waals surface area contributed by atoms with Crippen LogP contribution in [0.15, 0.2) is 66.3 Å². The van der Waals surface area contributed by atoms with E-state index in [1.807, 2.05) is 53.9 Å². The molecule has 1 atom stereocenters. The molecule has 2 heterocycles. The Morgan fingerprint density at radius 1 is 1.08 bits per heavy atom. The zero-order chi connectivity index (χ0) is 16.8. The molecule has 2 amide bonds. The number of carbonyl (C=O) groups excluding carboxylic acids is 1. The van der Waals surface area contributed by atoms with Gasteiger partial charge >= 0.3 is 6.03 Å². The number of anilines is 1. The highest BCUT2D eigenvalue weighted by Gasteiger charge is 2.14. The van der Waals surface area contributed by atoms with Crippen molar-refractivity contribution in [3.63, 3.8) is 0 Å². The monoisotopic (exact) mass is 339 g/mol. The van der Waals surface area contributed by atoms with Crippen LogP contribution in [0, 0.1) is 0 Å². The molecule has 3 rings (SSSR count). The quantitative estimate of drug-likeness (QED) is 0.664. The molecule has 24 heavy (non-hydrogen) atoms. The average Bonchev–Trinajstić information content (AvgIpc) is 3.15. The van der Waals surface area contributed by atoms with E-state index in [0.717, 1.165) is 16.0 Å². The molecule has 122 valence electrons. The van der Waals surface area contributed by atoms with E-state index in [2.05, 4.69) is 15.6 Å². The van der Waals surface area contributed by atoms with Crippen molar-refractivity contribution in [2.24, 2.45) is 0 Å². The van der Waals surface area contributed by atoms with E-state index in [0.29, 0.717) is 5.69 Å². The number of aliphatic hydroxyl groups excluding tert-OH is 1. The molecule has 0 aliphatic heterocycles. The Labute approximate surface area is 144 Å². The summed E-state index contributed by atoms with van der Waals surface area (Å²) >= 11 is 1.50. The highest BCUT2D eigenvalue weighted by molar-refractivity contribution is 7.10. The molecule has 0 saturated heterocycles. The number of urea groups is 1. The number of carbonyl (C=O) groups is 1. The van der Waals surface area contributed by atoms with Crippen LogP contribution in [0.1, 0.15) is 10.9 Å². The third kappa shape index (κ3) is 3.98. The highest BCUT2D eigenvalue weighted by atomic mass is 32.1. The number of rotatable bonds is 5. The third-order valence-corrected chi connectivity index (χ3v) is 4.52. The Kier molecular flexibility index (Phi) is 5.20. The first-order valence-corrected chi connectivity index (χ1v) is 8.36. The van der Waals surface area contributed by atoms with E-state index in [-0.39, 0.29) is 12.6 Å². The molecular formula is C18H17N3O2S. The van der Waals surface area contributed by atoms with Crippen LogP contribution in [0.5, 0.6) is 0 Å². The van der Waals surface area contributed by atoms with Crippen LogP contribution in [-0.4, -0.2) is 22.7 Å². The molecule has 0 saturated carbocycles. The molecule has 1 aromatic carbocycles. The lowest BCUT2D eigenvalue weighted by Crippen LogP contribution is -2.33. The lowest BCUT2D eigenvalue weighted by molar-refractivity contribution is 0.226. The minimum atomic E-state index is -0.402. The second-order valence-electron chi connectivity index (χ2n) is 5.16. The van der Waals surface area contributed by atoms with Crippen LogP contribution in [0.2, 0.25) is 0 Å². The topological polar surface area (TPSA) is 74.2 Å². The van der Waals surface area contributed by atoms with Gasteiger partial charge in [-0.05, 0) is 46.8 Å². The van der Waals surface area contributed by atoms with Gasteiger partial charge in [0.1, 0.15) is 0 Å². The summed E-state index contributed by atoms with van der Waals surface area (Å²) in [5.74, 6) is 0. The van der Waals surface area contributed by atoms with E-state index in [1.54, 1.807) is 12.4 Å². The molecule has 3 N–H and O–H groups in total. The molecular weight excluding hydrogens is 322 g/mol. The summed E-state index contributed by atoms with van der Waals surface area (Å²) in [5, 5.41) is 16.9. The first-order chi connectivity index (χ1) is 11.8. The van der Waals surface area contributed by atoms with Crippen molar-refractivity contribution in [3.8, 4) is 11.1 Å². The highest BCUT2D eigenvalue weighted by Crippen LogP contribution is 2.21. The van der Waals surface area contributed by atoms with Gasteiger partial charge in [-0.25, -0.2) is 4.79 Å². The van der Waals surface area contributed by atoms with E-state index in [9.17, 15) is 9.90 Å². The number of pyridine rings is 1.